The minimum atomic E-state index is 0.108. The van der Waals surface area contributed by atoms with Crippen LogP contribution in [0.25, 0.3) is 0 Å². The molecule has 0 aromatic heterocycles. The molecule has 0 unspecified atom stereocenters. The molecule has 0 aromatic carbocycles. The first-order valence-corrected chi connectivity index (χ1v) is 4.96. The van der Waals surface area contributed by atoms with Gasteiger partial charge in [-0.25, -0.2) is 0 Å². The van der Waals surface area contributed by atoms with Gasteiger partial charge in [-0.15, -0.1) is 11.6 Å². The second-order valence-corrected chi connectivity index (χ2v) is 3.54. The molecule has 0 aromatic rings. The Balaban J connectivity index is 5.04. The van der Waals surface area contributed by atoms with E-state index >= 15 is 0 Å². The monoisotopic (exact) mass is 240 g/mol. The molecule has 0 saturated carbocycles. The van der Waals surface area contributed by atoms with Crippen LogP contribution >= 0.6 is 34.8 Å². The van der Waals surface area contributed by atoms with Gasteiger partial charge in [0, 0.05) is 5.57 Å². The fourth-order valence-corrected chi connectivity index (χ4v) is 1.69. The lowest BCUT2D eigenvalue weighted by atomic mass is 10.1. The minimum Gasteiger partial charge on any atom is -0.257 e. The molecule has 0 saturated heterocycles. The summed E-state index contributed by atoms with van der Waals surface area (Å²) in [7, 11) is 0. The van der Waals surface area contributed by atoms with Crippen LogP contribution in [0.3, 0.4) is 0 Å². The van der Waals surface area contributed by atoms with Crippen LogP contribution < -0.4 is 0 Å². The molecule has 0 heterocycles. The van der Waals surface area contributed by atoms with E-state index in [2.05, 4.69) is 16.7 Å². The number of hydrogen-bond acceptors (Lipinski definition) is 2. The van der Waals surface area contributed by atoms with E-state index in [4.69, 9.17) is 34.8 Å². The van der Waals surface area contributed by atoms with Gasteiger partial charge >= 0.3 is 0 Å². The molecule has 0 N–H and O–H groups in total. The lowest BCUT2D eigenvalue weighted by molar-refractivity contribution is 0.799. The first kappa shape index (κ1) is 12.9. The van der Waals surface area contributed by atoms with Gasteiger partial charge in [0.25, 0.3) is 0 Å². The van der Waals surface area contributed by atoms with Crippen molar-refractivity contribution >= 4 is 46.7 Å². The van der Waals surface area contributed by atoms with Gasteiger partial charge in [-0.2, -0.15) is 0 Å². The van der Waals surface area contributed by atoms with E-state index in [1.807, 2.05) is 13.8 Å². The van der Waals surface area contributed by atoms with Crippen molar-refractivity contribution in [3.63, 3.8) is 0 Å². The molecule has 0 amide bonds. The number of alkyl halides is 1. The summed E-state index contributed by atoms with van der Waals surface area (Å²) in [6, 6.07) is 0.108. The van der Waals surface area contributed by atoms with Crippen LogP contribution in [0.1, 0.15) is 13.8 Å². The predicted octanol–water partition coefficient (Wildman–Crippen LogP) is 3.63. The average Bonchev–Trinajstić information content (AvgIpc) is 2.04. The highest BCUT2D eigenvalue weighted by Crippen LogP contribution is 2.22. The molecule has 0 aliphatic rings. The van der Waals surface area contributed by atoms with Crippen molar-refractivity contribution in [3.8, 4) is 0 Å². The molecule has 0 radical (unpaired) electrons. The van der Waals surface area contributed by atoms with E-state index in [1.165, 1.54) is 0 Å². The van der Waals surface area contributed by atoms with E-state index < -0.39 is 0 Å². The van der Waals surface area contributed by atoms with Gasteiger partial charge in [0.1, 0.15) is 16.3 Å². The van der Waals surface area contributed by atoms with Crippen molar-refractivity contribution < 1.29 is 0 Å². The zero-order valence-corrected chi connectivity index (χ0v) is 9.79. The van der Waals surface area contributed by atoms with Gasteiger partial charge in [-0.3, -0.25) is 9.98 Å². The average molecular weight is 242 g/mol. The summed E-state index contributed by atoms with van der Waals surface area (Å²) in [4.78, 5) is 7.43. The maximum atomic E-state index is 5.85. The lowest BCUT2D eigenvalue weighted by Gasteiger charge is -2.09. The van der Waals surface area contributed by atoms with E-state index in [0.29, 0.717) is 10.7 Å². The van der Waals surface area contributed by atoms with E-state index in [1.54, 1.807) is 0 Å². The number of halogens is 3. The number of rotatable bonds is 4. The zero-order valence-electron chi connectivity index (χ0n) is 7.52. The normalized spacial score (nSPS) is 14.5. The Morgan fingerprint density at radius 3 is 2.23 bits per heavy atom. The molecule has 0 bridgehead atoms. The molecule has 74 valence electrons. The third kappa shape index (κ3) is 4.12. The zero-order chi connectivity index (χ0) is 10.4. The summed E-state index contributed by atoms with van der Waals surface area (Å²) in [6.45, 7) is 7.20. The second-order valence-electron chi connectivity index (χ2n) is 2.59. The molecule has 0 fully saturated rings. The Labute approximate surface area is 93.3 Å². The van der Waals surface area contributed by atoms with Crippen molar-refractivity contribution in [3.05, 3.63) is 10.7 Å². The largest absolute Gasteiger partial charge is 0.257 e. The van der Waals surface area contributed by atoms with Crippen molar-refractivity contribution in [2.75, 3.05) is 6.00 Å². The van der Waals surface area contributed by atoms with Crippen LogP contribution in [-0.2, 0) is 0 Å². The summed E-state index contributed by atoms with van der Waals surface area (Å²) in [5, 5.41) is 0.566. The van der Waals surface area contributed by atoms with Crippen LogP contribution in [0.5, 0.6) is 0 Å². The fraction of sp³-hybridized carbons (Fsp3) is 0.500. The Bertz CT molecular complexity index is 244. The summed E-state index contributed by atoms with van der Waals surface area (Å²) >= 11 is 17.1. The first-order chi connectivity index (χ1) is 6.04. The highest BCUT2D eigenvalue weighted by molar-refractivity contribution is 6.70. The molecule has 13 heavy (non-hydrogen) atoms. The molecule has 5 heteroatoms. The van der Waals surface area contributed by atoms with Crippen LogP contribution in [0.2, 0.25) is 0 Å². The standard InChI is InChI=1S/C8H11Cl3N2/c1-5(2)6(7(10)12-3)8(11)13-4-9/h5H,3-4H2,1-2H3/b7-6-,13-8+. The molecule has 0 spiro atoms. The van der Waals surface area contributed by atoms with Gasteiger partial charge in [-0.1, -0.05) is 37.0 Å². The second kappa shape index (κ2) is 6.41. The predicted molar refractivity (Wildman–Crippen MR) is 61.3 cm³/mol. The quantitative estimate of drug-likeness (QED) is 0.408. The molecular weight excluding hydrogens is 230 g/mol. The summed E-state index contributed by atoms with van der Waals surface area (Å²) < 4.78 is 0. The van der Waals surface area contributed by atoms with Crippen molar-refractivity contribution in [2.24, 2.45) is 15.9 Å². The van der Waals surface area contributed by atoms with Crippen molar-refractivity contribution in [1.29, 1.82) is 0 Å². The van der Waals surface area contributed by atoms with Gasteiger partial charge in [0.05, 0.1) is 0 Å². The highest BCUT2D eigenvalue weighted by atomic mass is 35.5. The minimum absolute atomic E-state index is 0.108. The first-order valence-electron chi connectivity index (χ1n) is 3.67. The number of allylic oxidation sites excluding steroid dienone is 1. The highest BCUT2D eigenvalue weighted by Gasteiger charge is 2.13. The maximum Gasteiger partial charge on any atom is 0.134 e. The van der Waals surface area contributed by atoms with Gasteiger partial charge in [0.2, 0.25) is 0 Å². The van der Waals surface area contributed by atoms with Gasteiger partial charge < -0.3 is 0 Å². The van der Waals surface area contributed by atoms with Crippen LogP contribution in [0.4, 0.5) is 0 Å². The third-order valence-corrected chi connectivity index (χ3v) is 2.13. The Hall–Kier alpha value is -0.0500. The van der Waals surface area contributed by atoms with Crippen molar-refractivity contribution in [1.82, 2.24) is 0 Å². The SMILES string of the molecule is C=N/C(Cl)=C(\C(Cl)=N/CCl)C(C)C. The fourth-order valence-electron chi connectivity index (χ4n) is 0.784. The van der Waals surface area contributed by atoms with Crippen LogP contribution in [0, 0.1) is 5.92 Å². The van der Waals surface area contributed by atoms with Crippen molar-refractivity contribution in [2.45, 2.75) is 13.8 Å². The van der Waals surface area contributed by atoms with E-state index in [0.717, 1.165) is 0 Å². The molecule has 0 atom stereocenters. The van der Waals surface area contributed by atoms with E-state index in [9.17, 15) is 0 Å². The Morgan fingerprint density at radius 1 is 1.38 bits per heavy atom. The molecule has 0 aliphatic carbocycles. The smallest absolute Gasteiger partial charge is 0.134 e. The number of nitrogens with zero attached hydrogens (tertiary/aromatic N) is 2. The molecular formula is C8H11Cl3N2. The Morgan fingerprint density at radius 2 is 1.92 bits per heavy atom. The number of aliphatic imine (C=N–C) groups is 2. The molecule has 0 aliphatic heterocycles. The number of hydrogen-bond donors (Lipinski definition) is 0. The van der Waals surface area contributed by atoms with Crippen LogP contribution in [0.15, 0.2) is 20.7 Å². The maximum absolute atomic E-state index is 5.85. The third-order valence-electron chi connectivity index (χ3n) is 1.36. The summed E-state index contributed by atoms with van der Waals surface area (Å²) in [5.74, 6) is 0.137. The van der Waals surface area contributed by atoms with Gasteiger partial charge in [0.15, 0.2) is 0 Å². The molecule has 2 nitrogen and oxygen atoms in total. The summed E-state index contributed by atoms with van der Waals surface area (Å²) in [5.41, 5.74) is 0.666. The van der Waals surface area contributed by atoms with Crippen LogP contribution in [-0.4, -0.2) is 17.9 Å². The Kier molecular flexibility index (Phi) is 6.39. The van der Waals surface area contributed by atoms with E-state index in [-0.39, 0.29) is 17.1 Å². The lowest BCUT2D eigenvalue weighted by Crippen LogP contribution is -2.04. The van der Waals surface area contributed by atoms with Gasteiger partial charge in [-0.05, 0) is 12.6 Å². The summed E-state index contributed by atoms with van der Waals surface area (Å²) in [6.07, 6.45) is 0. The molecule has 0 rings (SSSR count). The topological polar surface area (TPSA) is 24.7 Å².